The van der Waals surface area contributed by atoms with Crippen molar-refractivity contribution in [1.82, 2.24) is 19.6 Å². The van der Waals surface area contributed by atoms with Crippen LogP contribution in [0.25, 0.3) is 0 Å². The number of piperazine rings is 1. The Morgan fingerprint density at radius 2 is 1.73 bits per heavy atom. The highest BCUT2D eigenvalue weighted by Gasteiger charge is 2.23. The Labute approximate surface area is 191 Å². The maximum Gasteiger partial charge on any atom is 0.356 e. The van der Waals surface area contributed by atoms with Crippen LogP contribution in [0.2, 0.25) is 0 Å². The molecule has 0 saturated carbocycles. The first-order valence-electron chi connectivity index (χ1n) is 10.8. The van der Waals surface area contributed by atoms with Gasteiger partial charge < -0.3 is 14.7 Å². The molecule has 1 amide bonds. The van der Waals surface area contributed by atoms with E-state index in [-0.39, 0.29) is 17.5 Å². The van der Waals surface area contributed by atoms with Crippen molar-refractivity contribution >= 4 is 12.0 Å². The molecule has 1 saturated heterocycles. The zero-order valence-electron chi connectivity index (χ0n) is 18.6. The number of benzene rings is 2. The summed E-state index contributed by atoms with van der Waals surface area (Å²) < 4.78 is 20.9. The highest BCUT2D eigenvalue weighted by atomic mass is 19.1. The summed E-state index contributed by atoms with van der Waals surface area (Å²) in [6, 6.07) is 14.8. The maximum atomic E-state index is 14.2. The number of hydrogen-bond donors (Lipinski definition) is 1. The molecule has 1 fully saturated rings. The summed E-state index contributed by atoms with van der Waals surface area (Å²) in [6.07, 6.45) is 1.35. The van der Waals surface area contributed by atoms with Crippen molar-refractivity contribution < 1.29 is 23.8 Å². The second-order valence-electron chi connectivity index (χ2n) is 7.18. The van der Waals surface area contributed by atoms with Gasteiger partial charge >= 0.3 is 12.0 Å². The van der Waals surface area contributed by atoms with E-state index < -0.39 is 11.8 Å². The van der Waals surface area contributed by atoms with Crippen molar-refractivity contribution in [3.8, 4) is 11.5 Å². The number of para-hydroxylation sites is 1. The Morgan fingerprint density at radius 1 is 1.03 bits per heavy atom. The highest BCUT2D eigenvalue weighted by Crippen LogP contribution is 2.26. The first-order valence-corrected chi connectivity index (χ1v) is 10.8. The summed E-state index contributed by atoms with van der Waals surface area (Å²) in [4.78, 5) is 27.2. The first-order chi connectivity index (χ1) is 16.0. The van der Waals surface area contributed by atoms with Gasteiger partial charge in [-0.25, -0.2) is 14.0 Å². The monoisotopic (exact) mass is 454 g/mol. The summed E-state index contributed by atoms with van der Waals surface area (Å²) in [5.41, 5.74) is 0.738. The van der Waals surface area contributed by atoms with Crippen LogP contribution in [-0.4, -0.2) is 62.9 Å². The summed E-state index contributed by atoms with van der Waals surface area (Å²) in [6.45, 7) is 6.82. The van der Waals surface area contributed by atoms with Crippen LogP contribution in [-0.2, 0) is 6.54 Å². The zero-order valence-corrected chi connectivity index (χ0v) is 18.6. The molecular formula is C24H27FN4O4. The Hall–Kier alpha value is -3.72. The number of aromatic carboxylic acids is 1. The van der Waals surface area contributed by atoms with Crippen LogP contribution in [0.4, 0.5) is 9.18 Å². The third kappa shape index (κ3) is 6.17. The van der Waals surface area contributed by atoms with Crippen LogP contribution in [0, 0.1) is 5.82 Å². The van der Waals surface area contributed by atoms with Gasteiger partial charge in [0.05, 0.1) is 0 Å². The number of halogens is 1. The van der Waals surface area contributed by atoms with Crippen molar-refractivity contribution in [3.63, 3.8) is 0 Å². The summed E-state index contributed by atoms with van der Waals surface area (Å²) in [5.74, 6) is -0.866. The number of carbonyl (C=O) groups excluding carboxylic acids is 1. The third-order valence-corrected chi connectivity index (χ3v) is 5.02. The van der Waals surface area contributed by atoms with E-state index in [4.69, 9.17) is 9.84 Å². The first kappa shape index (κ1) is 23.9. The third-order valence-electron chi connectivity index (χ3n) is 5.02. The van der Waals surface area contributed by atoms with E-state index in [0.29, 0.717) is 38.5 Å². The van der Waals surface area contributed by atoms with Crippen LogP contribution in [0.3, 0.4) is 0 Å². The van der Waals surface area contributed by atoms with Crippen molar-refractivity contribution in [2.75, 3.05) is 26.2 Å². The number of carboxylic acids is 1. The number of aromatic nitrogens is 2. The largest absolute Gasteiger partial charge is 0.476 e. The van der Waals surface area contributed by atoms with Gasteiger partial charge in [-0.15, -0.1) is 0 Å². The van der Waals surface area contributed by atoms with E-state index in [1.165, 1.54) is 18.3 Å². The molecule has 0 spiro atoms. The fourth-order valence-corrected chi connectivity index (χ4v) is 3.38. The molecule has 0 aliphatic carbocycles. The van der Waals surface area contributed by atoms with Crippen LogP contribution in [0.15, 0.2) is 60.8 Å². The van der Waals surface area contributed by atoms with E-state index in [9.17, 15) is 14.0 Å². The van der Waals surface area contributed by atoms with Crippen molar-refractivity contribution in [2.45, 2.75) is 20.4 Å². The predicted octanol–water partition coefficient (Wildman–Crippen LogP) is 4.32. The number of nitrogens with zero attached hydrogens (tertiary/aromatic N) is 4. The normalized spacial score (nSPS) is 13.7. The zero-order chi connectivity index (χ0) is 23.8. The summed E-state index contributed by atoms with van der Waals surface area (Å²) in [5, 5.41) is 12.7. The lowest BCUT2D eigenvalue weighted by Gasteiger charge is -2.34. The SMILES string of the molecule is CC.O=C(O)c1ccn(C(=O)N2CCN(Cc3ccc(F)c(Oc4ccccc4)c3)CC2)n1. The topological polar surface area (TPSA) is 87.9 Å². The fraction of sp³-hybridized carbons (Fsp3) is 0.292. The van der Waals surface area contributed by atoms with Crippen LogP contribution >= 0.6 is 0 Å². The molecule has 8 nitrogen and oxygen atoms in total. The number of ether oxygens (including phenoxy) is 1. The Morgan fingerprint density at radius 3 is 2.36 bits per heavy atom. The Kier molecular flexibility index (Phi) is 8.15. The number of carbonyl (C=O) groups is 2. The van der Waals surface area contributed by atoms with Gasteiger partial charge in [0, 0.05) is 38.9 Å². The van der Waals surface area contributed by atoms with Crippen LogP contribution in [0.5, 0.6) is 11.5 Å². The minimum atomic E-state index is -1.17. The molecule has 0 atom stereocenters. The number of hydrogen-bond acceptors (Lipinski definition) is 5. The standard InChI is InChI=1S/C22H21FN4O4.C2H6/c23-18-7-6-16(14-20(18)31-17-4-2-1-3-5-17)15-25-10-12-26(13-11-25)22(30)27-9-8-19(24-27)21(28)29;1-2/h1-9,14H,10-13,15H2,(H,28,29);1-2H3. The molecule has 0 bridgehead atoms. The summed E-state index contributed by atoms with van der Waals surface area (Å²) >= 11 is 0. The van der Waals surface area contributed by atoms with Gasteiger partial charge in [-0.3, -0.25) is 4.90 Å². The lowest BCUT2D eigenvalue weighted by atomic mass is 10.1. The van der Waals surface area contributed by atoms with E-state index >= 15 is 0 Å². The van der Waals surface area contributed by atoms with Crippen molar-refractivity contribution in [3.05, 3.63) is 77.9 Å². The molecule has 1 aliphatic rings. The molecule has 3 aromatic rings. The Bertz CT molecular complexity index is 1080. The second-order valence-corrected chi connectivity index (χ2v) is 7.18. The van der Waals surface area contributed by atoms with Gasteiger partial charge in [0.15, 0.2) is 17.3 Å². The second kappa shape index (κ2) is 11.2. The minimum absolute atomic E-state index is 0.170. The number of rotatable bonds is 5. The van der Waals surface area contributed by atoms with Gasteiger partial charge in [0.25, 0.3) is 0 Å². The van der Waals surface area contributed by atoms with Gasteiger partial charge in [-0.1, -0.05) is 38.1 Å². The summed E-state index contributed by atoms with van der Waals surface area (Å²) in [7, 11) is 0. The smallest absolute Gasteiger partial charge is 0.356 e. The molecule has 1 aliphatic heterocycles. The van der Waals surface area contributed by atoms with Gasteiger partial charge in [0.2, 0.25) is 0 Å². The quantitative estimate of drug-likeness (QED) is 0.618. The van der Waals surface area contributed by atoms with Gasteiger partial charge in [0.1, 0.15) is 5.75 Å². The van der Waals surface area contributed by atoms with E-state index in [1.807, 2.05) is 32.0 Å². The molecule has 1 N–H and O–H groups in total. The molecule has 33 heavy (non-hydrogen) atoms. The molecular weight excluding hydrogens is 427 g/mol. The minimum Gasteiger partial charge on any atom is -0.476 e. The van der Waals surface area contributed by atoms with Crippen molar-refractivity contribution in [2.24, 2.45) is 0 Å². The molecule has 9 heteroatoms. The molecule has 1 aromatic heterocycles. The Balaban J connectivity index is 0.00000149. The molecule has 2 aromatic carbocycles. The molecule has 0 radical (unpaired) electrons. The van der Waals surface area contributed by atoms with Crippen molar-refractivity contribution in [1.29, 1.82) is 0 Å². The lowest BCUT2D eigenvalue weighted by Crippen LogP contribution is -2.49. The van der Waals surface area contributed by atoms with E-state index in [1.54, 1.807) is 29.2 Å². The maximum absolute atomic E-state index is 14.2. The fourth-order valence-electron chi connectivity index (χ4n) is 3.38. The van der Waals surface area contributed by atoms with E-state index in [2.05, 4.69) is 10.00 Å². The molecule has 0 unspecified atom stereocenters. The average Bonchev–Trinajstić information content (AvgIpc) is 3.34. The van der Waals surface area contributed by atoms with Gasteiger partial charge in [-0.05, 0) is 35.9 Å². The molecule has 174 valence electrons. The lowest BCUT2D eigenvalue weighted by molar-refractivity contribution is 0.0689. The van der Waals surface area contributed by atoms with Gasteiger partial charge in [-0.2, -0.15) is 9.78 Å². The molecule has 2 heterocycles. The average molecular weight is 455 g/mol. The number of amides is 1. The van der Waals surface area contributed by atoms with Crippen LogP contribution in [0.1, 0.15) is 29.9 Å². The van der Waals surface area contributed by atoms with Crippen LogP contribution < -0.4 is 4.74 Å². The molecule has 4 rings (SSSR count). The van der Waals surface area contributed by atoms with E-state index in [0.717, 1.165) is 10.2 Å². The number of carboxylic acid groups (broad SMARTS) is 1. The highest BCUT2D eigenvalue weighted by molar-refractivity contribution is 5.86. The predicted molar refractivity (Wildman–Crippen MR) is 121 cm³/mol.